The zero-order valence-electron chi connectivity index (χ0n) is 12.3. The molecule has 3 aromatic rings. The first-order valence-corrected chi connectivity index (χ1v) is 7.27. The van der Waals surface area contributed by atoms with E-state index in [1.165, 1.54) is 0 Å². The summed E-state index contributed by atoms with van der Waals surface area (Å²) in [5, 5.41) is 0. The van der Waals surface area contributed by atoms with Crippen molar-refractivity contribution in [2.24, 2.45) is 5.73 Å². The Kier molecular flexibility index (Phi) is 4.47. The Bertz CT molecular complexity index is 741. The molecule has 0 amide bonds. The summed E-state index contributed by atoms with van der Waals surface area (Å²) in [6.07, 6.45) is 3.60. The summed E-state index contributed by atoms with van der Waals surface area (Å²) in [5.41, 5.74) is 10.1. The van der Waals surface area contributed by atoms with E-state index in [-0.39, 0.29) is 0 Å². The third-order valence-corrected chi connectivity index (χ3v) is 3.55. The molecule has 0 saturated carbocycles. The average Bonchev–Trinajstić information content (AvgIpc) is 2.61. The lowest BCUT2D eigenvalue weighted by Crippen LogP contribution is -2.01. The van der Waals surface area contributed by atoms with E-state index < -0.39 is 0 Å². The summed E-state index contributed by atoms with van der Waals surface area (Å²) >= 11 is 0. The van der Waals surface area contributed by atoms with Gasteiger partial charge in [-0.25, -0.2) is 0 Å². The van der Waals surface area contributed by atoms with Gasteiger partial charge in [-0.15, -0.1) is 0 Å². The Hall–Kier alpha value is -2.65. The van der Waals surface area contributed by atoms with Gasteiger partial charge in [0.05, 0.1) is 0 Å². The van der Waals surface area contributed by atoms with Gasteiger partial charge >= 0.3 is 0 Å². The molecule has 1 heterocycles. The molecule has 110 valence electrons. The molecule has 0 bridgehead atoms. The van der Waals surface area contributed by atoms with Crippen molar-refractivity contribution in [1.82, 2.24) is 4.98 Å². The molecule has 0 unspecified atom stereocenters. The van der Waals surface area contributed by atoms with Gasteiger partial charge in [0.15, 0.2) is 0 Å². The van der Waals surface area contributed by atoms with Crippen molar-refractivity contribution >= 4 is 0 Å². The van der Waals surface area contributed by atoms with Crippen LogP contribution in [0.5, 0.6) is 5.75 Å². The summed E-state index contributed by atoms with van der Waals surface area (Å²) in [6.45, 7) is 1.01. The predicted molar refractivity (Wildman–Crippen MR) is 88.3 cm³/mol. The van der Waals surface area contributed by atoms with E-state index in [1.807, 2.05) is 54.7 Å². The molecule has 2 N–H and O–H groups in total. The lowest BCUT2D eigenvalue weighted by atomic mass is 10.0. The lowest BCUT2D eigenvalue weighted by Gasteiger charge is -2.13. The fourth-order valence-electron chi connectivity index (χ4n) is 2.39. The van der Waals surface area contributed by atoms with Crippen LogP contribution in [0.15, 0.2) is 73.1 Å². The smallest absolute Gasteiger partial charge is 0.127 e. The molecule has 0 fully saturated rings. The van der Waals surface area contributed by atoms with Crippen molar-refractivity contribution in [3.63, 3.8) is 0 Å². The summed E-state index contributed by atoms with van der Waals surface area (Å²) in [5.74, 6) is 0.842. The van der Waals surface area contributed by atoms with Crippen LogP contribution in [0.3, 0.4) is 0 Å². The zero-order chi connectivity index (χ0) is 15.2. The van der Waals surface area contributed by atoms with Gasteiger partial charge in [-0.2, -0.15) is 0 Å². The molecule has 0 radical (unpaired) electrons. The molecule has 0 aliphatic heterocycles. The number of nitrogens with zero attached hydrogens (tertiary/aromatic N) is 1. The van der Waals surface area contributed by atoms with Crippen LogP contribution in [0.1, 0.15) is 11.1 Å². The van der Waals surface area contributed by atoms with Crippen LogP contribution in [-0.4, -0.2) is 4.98 Å². The number of hydrogen-bond donors (Lipinski definition) is 1. The molecule has 3 nitrogen and oxygen atoms in total. The lowest BCUT2D eigenvalue weighted by molar-refractivity contribution is 0.307. The van der Waals surface area contributed by atoms with Crippen molar-refractivity contribution < 1.29 is 4.74 Å². The maximum Gasteiger partial charge on any atom is 0.127 e. The van der Waals surface area contributed by atoms with Crippen LogP contribution in [0.2, 0.25) is 0 Å². The van der Waals surface area contributed by atoms with Gasteiger partial charge in [-0.1, -0.05) is 48.5 Å². The van der Waals surface area contributed by atoms with Crippen LogP contribution in [-0.2, 0) is 13.2 Å². The fraction of sp³-hybridized carbons (Fsp3) is 0.105. The summed E-state index contributed by atoms with van der Waals surface area (Å²) < 4.78 is 6.01. The number of para-hydroxylation sites is 1. The van der Waals surface area contributed by atoms with Gasteiger partial charge in [0, 0.05) is 30.1 Å². The standard InChI is InChI=1S/C19H18N2O/c20-12-16-10-11-21-13-18(16)17-8-4-5-9-19(17)22-14-15-6-2-1-3-7-15/h1-11,13H,12,14,20H2. The van der Waals surface area contributed by atoms with E-state index >= 15 is 0 Å². The quantitative estimate of drug-likeness (QED) is 0.777. The van der Waals surface area contributed by atoms with E-state index in [1.54, 1.807) is 6.20 Å². The van der Waals surface area contributed by atoms with Gasteiger partial charge in [0.2, 0.25) is 0 Å². The molecule has 0 aliphatic rings. The minimum absolute atomic E-state index is 0.477. The highest BCUT2D eigenvalue weighted by Crippen LogP contribution is 2.32. The average molecular weight is 290 g/mol. The monoisotopic (exact) mass is 290 g/mol. The Morgan fingerprint density at radius 1 is 0.864 bits per heavy atom. The molecular weight excluding hydrogens is 272 g/mol. The normalized spacial score (nSPS) is 10.4. The van der Waals surface area contributed by atoms with Crippen molar-refractivity contribution in [3.05, 3.63) is 84.2 Å². The van der Waals surface area contributed by atoms with Crippen molar-refractivity contribution in [2.75, 3.05) is 0 Å². The Balaban J connectivity index is 1.90. The number of pyridine rings is 1. The Labute approximate surface area is 130 Å². The highest BCUT2D eigenvalue weighted by molar-refractivity contribution is 5.72. The summed E-state index contributed by atoms with van der Waals surface area (Å²) in [7, 11) is 0. The van der Waals surface area contributed by atoms with Crippen LogP contribution in [0, 0.1) is 0 Å². The first-order chi connectivity index (χ1) is 10.9. The van der Waals surface area contributed by atoms with Gasteiger partial charge in [0.1, 0.15) is 12.4 Å². The number of aromatic nitrogens is 1. The topological polar surface area (TPSA) is 48.1 Å². The van der Waals surface area contributed by atoms with E-state index in [2.05, 4.69) is 17.1 Å². The third-order valence-electron chi connectivity index (χ3n) is 3.55. The van der Waals surface area contributed by atoms with E-state index in [0.717, 1.165) is 28.0 Å². The SMILES string of the molecule is NCc1ccncc1-c1ccccc1OCc1ccccc1. The first-order valence-electron chi connectivity index (χ1n) is 7.27. The molecular formula is C19H18N2O. The number of nitrogens with two attached hydrogens (primary N) is 1. The van der Waals surface area contributed by atoms with Gasteiger partial charge in [0.25, 0.3) is 0 Å². The molecule has 3 heteroatoms. The van der Waals surface area contributed by atoms with Crippen molar-refractivity contribution in [3.8, 4) is 16.9 Å². The van der Waals surface area contributed by atoms with Gasteiger partial charge in [-0.05, 0) is 23.3 Å². The summed E-state index contributed by atoms with van der Waals surface area (Å²) in [4.78, 5) is 4.22. The van der Waals surface area contributed by atoms with Crippen molar-refractivity contribution in [1.29, 1.82) is 0 Å². The minimum atomic E-state index is 0.477. The number of rotatable bonds is 5. The molecule has 0 saturated heterocycles. The largest absolute Gasteiger partial charge is 0.488 e. The molecule has 0 spiro atoms. The second-order valence-corrected chi connectivity index (χ2v) is 5.01. The van der Waals surface area contributed by atoms with E-state index in [9.17, 15) is 0 Å². The van der Waals surface area contributed by atoms with Crippen LogP contribution in [0.25, 0.3) is 11.1 Å². The maximum absolute atomic E-state index is 6.01. The van der Waals surface area contributed by atoms with Crippen LogP contribution < -0.4 is 10.5 Å². The van der Waals surface area contributed by atoms with E-state index in [4.69, 9.17) is 10.5 Å². The highest BCUT2D eigenvalue weighted by atomic mass is 16.5. The third kappa shape index (κ3) is 3.15. The molecule has 2 aromatic carbocycles. The van der Waals surface area contributed by atoms with Crippen LogP contribution >= 0.6 is 0 Å². The van der Waals surface area contributed by atoms with Crippen LogP contribution in [0.4, 0.5) is 0 Å². The molecule has 0 atom stereocenters. The first kappa shape index (κ1) is 14.3. The molecule has 0 aliphatic carbocycles. The van der Waals surface area contributed by atoms with E-state index in [0.29, 0.717) is 13.2 Å². The Morgan fingerprint density at radius 2 is 1.64 bits per heavy atom. The van der Waals surface area contributed by atoms with Gasteiger partial charge < -0.3 is 10.5 Å². The van der Waals surface area contributed by atoms with Crippen molar-refractivity contribution in [2.45, 2.75) is 13.2 Å². The Morgan fingerprint density at radius 3 is 2.45 bits per heavy atom. The number of ether oxygens (including phenoxy) is 1. The fourth-order valence-corrected chi connectivity index (χ4v) is 2.39. The predicted octanol–water partition coefficient (Wildman–Crippen LogP) is 3.79. The second kappa shape index (κ2) is 6.87. The highest BCUT2D eigenvalue weighted by Gasteiger charge is 2.09. The zero-order valence-corrected chi connectivity index (χ0v) is 12.3. The second-order valence-electron chi connectivity index (χ2n) is 5.01. The maximum atomic E-state index is 6.01. The summed E-state index contributed by atoms with van der Waals surface area (Å²) in [6, 6.07) is 20.1. The molecule has 1 aromatic heterocycles. The molecule has 22 heavy (non-hydrogen) atoms. The molecule has 3 rings (SSSR count). The number of benzene rings is 2. The number of hydrogen-bond acceptors (Lipinski definition) is 3. The van der Waals surface area contributed by atoms with Gasteiger partial charge in [-0.3, -0.25) is 4.98 Å². The minimum Gasteiger partial charge on any atom is -0.488 e.